The minimum absolute atomic E-state index is 0.0518. The van der Waals surface area contributed by atoms with Gasteiger partial charge in [-0.15, -0.1) is 0 Å². The third kappa shape index (κ3) is 6.03. The molecule has 0 saturated heterocycles. The molecule has 0 aromatic heterocycles. The normalized spacial score (nSPS) is 12.8. The van der Waals surface area contributed by atoms with Crippen molar-refractivity contribution in [2.24, 2.45) is 0 Å². The zero-order valence-electron chi connectivity index (χ0n) is 11.8. The van der Waals surface area contributed by atoms with Gasteiger partial charge in [0.1, 0.15) is 0 Å². The molecule has 0 aliphatic rings. The summed E-state index contributed by atoms with van der Waals surface area (Å²) in [4.78, 5) is 16.0. The second-order valence-electron chi connectivity index (χ2n) is 4.45. The van der Waals surface area contributed by atoms with E-state index in [4.69, 9.17) is 5.11 Å². The Labute approximate surface area is 106 Å². The summed E-state index contributed by atoms with van der Waals surface area (Å²) in [6.07, 6.45) is 2.91. The first-order valence-corrected chi connectivity index (χ1v) is 6.68. The quantitative estimate of drug-likeness (QED) is 0.622. The minimum atomic E-state index is -0.0518. The SMILES string of the molecule is CCN(CC)C(=O)C(C)N(C)CCCCCO. The Balaban J connectivity index is 4.01. The molecule has 0 aliphatic heterocycles. The second kappa shape index (κ2) is 9.42. The Morgan fingerprint density at radius 1 is 1.18 bits per heavy atom. The van der Waals surface area contributed by atoms with E-state index in [-0.39, 0.29) is 18.6 Å². The smallest absolute Gasteiger partial charge is 0.239 e. The summed E-state index contributed by atoms with van der Waals surface area (Å²) < 4.78 is 0. The van der Waals surface area contributed by atoms with E-state index in [2.05, 4.69) is 4.90 Å². The lowest BCUT2D eigenvalue weighted by Gasteiger charge is -2.29. The lowest BCUT2D eigenvalue weighted by atomic mass is 10.2. The number of carbonyl (C=O) groups excluding carboxylic acids is 1. The third-order valence-electron chi connectivity index (χ3n) is 3.26. The molecule has 1 N–H and O–H groups in total. The predicted octanol–water partition coefficient (Wildman–Crippen LogP) is 1.34. The molecule has 1 amide bonds. The fraction of sp³-hybridized carbons (Fsp3) is 0.923. The fourth-order valence-corrected chi connectivity index (χ4v) is 1.83. The van der Waals surface area contributed by atoms with E-state index in [1.54, 1.807) is 0 Å². The molecule has 102 valence electrons. The number of rotatable bonds is 9. The first kappa shape index (κ1) is 16.4. The van der Waals surface area contributed by atoms with Crippen LogP contribution in [0, 0.1) is 0 Å². The maximum Gasteiger partial charge on any atom is 0.239 e. The van der Waals surface area contributed by atoms with Gasteiger partial charge in [0.25, 0.3) is 0 Å². The van der Waals surface area contributed by atoms with E-state index < -0.39 is 0 Å². The van der Waals surface area contributed by atoms with Crippen LogP contribution in [0.25, 0.3) is 0 Å². The molecule has 4 heteroatoms. The number of likely N-dealkylation sites (N-methyl/N-ethyl adjacent to an activating group) is 2. The van der Waals surface area contributed by atoms with Crippen molar-refractivity contribution in [3.63, 3.8) is 0 Å². The van der Waals surface area contributed by atoms with E-state index in [0.717, 1.165) is 38.9 Å². The fourth-order valence-electron chi connectivity index (χ4n) is 1.83. The highest BCUT2D eigenvalue weighted by Gasteiger charge is 2.21. The predicted molar refractivity (Wildman–Crippen MR) is 71.0 cm³/mol. The van der Waals surface area contributed by atoms with Crippen molar-refractivity contribution in [3.05, 3.63) is 0 Å². The number of aliphatic hydroxyl groups excluding tert-OH is 1. The number of nitrogens with zero attached hydrogens (tertiary/aromatic N) is 2. The Morgan fingerprint density at radius 3 is 2.24 bits per heavy atom. The van der Waals surface area contributed by atoms with Gasteiger partial charge in [-0.1, -0.05) is 0 Å². The number of aliphatic hydroxyl groups is 1. The average molecular weight is 244 g/mol. The van der Waals surface area contributed by atoms with Crippen LogP contribution in [-0.2, 0) is 4.79 Å². The largest absolute Gasteiger partial charge is 0.396 e. The van der Waals surface area contributed by atoms with Crippen LogP contribution in [0.5, 0.6) is 0 Å². The van der Waals surface area contributed by atoms with Crippen molar-refractivity contribution in [1.82, 2.24) is 9.80 Å². The first-order valence-electron chi connectivity index (χ1n) is 6.68. The minimum Gasteiger partial charge on any atom is -0.396 e. The van der Waals surface area contributed by atoms with E-state index in [1.807, 2.05) is 32.7 Å². The number of hydrogen-bond acceptors (Lipinski definition) is 3. The number of amides is 1. The molecule has 0 spiro atoms. The van der Waals surface area contributed by atoms with E-state index in [0.29, 0.717) is 0 Å². The molecule has 0 saturated carbocycles. The lowest BCUT2D eigenvalue weighted by Crippen LogP contribution is -2.45. The Morgan fingerprint density at radius 2 is 1.76 bits per heavy atom. The van der Waals surface area contributed by atoms with Crippen molar-refractivity contribution >= 4 is 5.91 Å². The molecule has 0 aliphatic carbocycles. The molecule has 4 nitrogen and oxygen atoms in total. The lowest BCUT2D eigenvalue weighted by molar-refractivity contribution is -0.135. The number of hydrogen-bond donors (Lipinski definition) is 1. The van der Waals surface area contributed by atoms with Crippen LogP contribution >= 0.6 is 0 Å². The van der Waals surface area contributed by atoms with Crippen LogP contribution < -0.4 is 0 Å². The summed E-state index contributed by atoms with van der Waals surface area (Å²) in [6, 6.07) is -0.0518. The molecule has 0 rings (SSSR count). The van der Waals surface area contributed by atoms with Crippen molar-refractivity contribution in [1.29, 1.82) is 0 Å². The molecule has 0 radical (unpaired) electrons. The first-order chi connectivity index (χ1) is 8.08. The van der Waals surface area contributed by atoms with Crippen molar-refractivity contribution in [2.75, 3.05) is 33.3 Å². The molecule has 0 aromatic carbocycles. The molecule has 1 unspecified atom stereocenters. The highest BCUT2D eigenvalue weighted by atomic mass is 16.2. The Hall–Kier alpha value is -0.610. The monoisotopic (exact) mass is 244 g/mol. The van der Waals surface area contributed by atoms with E-state index >= 15 is 0 Å². The Kier molecular flexibility index (Phi) is 9.09. The molecule has 0 aromatic rings. The van der Waals surface area contributed by atoms with Crippen molar-refractivity contribution in [2.45, 2.75) is 46.1 Å². The molecule has 17 heavy (non-hydrogen) atoms. The highest BCUT2D eigenvalue weighted by Crippen LogP contribution is 2.04. The third-order valence-corrected chi connectivity index (χ3v) is 3.26. The molecule has 1 atom stereocenters. The van der Waals surface area contributed by atoms with Gasteiger partial charge in [-0.2, -0.15) is 0 Å². The van der Waals surface area contributed by atoms with Gasteiger partial charge in [-0.3, -0.25) is 9.69 Å². The van der Waals surface area contributed by atoms with Gasteiger partial charge >= 0.3 is 0 Å². The summed E-state index contributed by atoms with van der Waals surface area (Å²) in [7, 11) is 1.99. The van der Waals surface area contributed by atoms with E-state index in [9.17, 15) is 4.79 Å². The molecule has 0 heterocycles. The van der Waals surface area contributed by atoms with Gasteiger partial charge in [0, 0.05) is 19.7 Å². The standard InChI is InChI=1S/C13H28N2O2/c1-5-15(6-2)13(17)12(3)14(4)10-8-7-9-11-16/h12,16H,5-11H2,1-4H3. The van der Waals surface area contributed by atoms with Crippen molar-refractivity contribution in [3.8, 4) is 0 Å². The zero-order valence-corrected chi connectivity index (χ0v) is 11.8. The van der Waals surface area contributed by atoms with Gasteiger partial charge < -0.3 is 10.0 Å². The maximum absolute atomic E-state index is 12.1. The van der Waals surface area contributed by atoms with Gasteiger partial charge in [-0.05, 0) is 53.6 Å². The van der Waals surface area contributed by atoms with Crippen LogP contribution in [0.15, 0.2) is 0 Å². The van der Waals surface area contributed by atoms with Gasteiger partial charge in [0.15, 0.2) is 0 Å². The van der Waals surface area contributed by atoms with Crippen LogP contribution in [-0.4, -0.2) is 60.1 Å². The molecule has 0 fully saturated rings. The topological polar surface area (TPSA) is 43.8 Å². The van der Waals surface area contributed by atoms with Gasteiger partial charge in [0.2, 0.25) is 5.91 Å². The van der Waals surface area contributed by atoms with Gasteiger partial charge in [-0.25, -0.2) is 0 Å². The number of carbonyl (C=O) groups is 1. The summed E-state index contributed by atoms with van der Waals surface area (Å²) in [6.45, 7) is 8.71. The maximum atomic E-state index is 12.1. The van der Waals surface area contributed by atoms with Crippen molar-refractivity contribution < 1.29 is 9.90 Å². The summed E-state index contributed by atoms with van der Waals surface area (Å²) in [5.41, 5.74) is 0. The zero-order chi connectivity index (χ0) is 13.3. The molecular formula is C13H28N2O2. The van der Waals surface area contributed by atoms with Crippen LogP contribution in [0.3, 0.4) is 0 Å². The highest BCUT2D eigenvalue weighted by molar-refractivity contribution is 5.81. The molecule has 0 bridgehead atoms. The Bertz CT molecular complexity index is 206. The summed E-state index contributed by atoms with van der Waals surface area (Å²) in [5.74, 6) is 0.208. The second-order valence-corrected chi connectivity index (χ2v) is 4.45. The van der Waals surface area contributed by atoms with Crippen LogP contribution in [0.1, 0.15) is 40.0 Å². The van der Waals surface area contributed by atoms with Gasteiger partial charge in [0.05, 0.1) is 6.04 Å². The summed E-state index contributed by atoms with van der Waals surface area (Å²) >= 11 is 0. The van der Waals surface area contributed by atoms with Crippen LogP contribution in [0.4, 0.5) is 0 Å². The number of unbranched alkanes of at least 4 members (excludes halogenated alkanes) is 2. The summed E-state index contributed by atoms with van der Waals surface area (Å²) in [5, 5.41) is 8.69. The average Bonchev–Trinajstić information content (AvgIpc) is 2.34. The molecular weight excluding hydrogens is 216 g/mol. The van der Waals surface area contributed by atoms with E-state index in [1.165, 1.54) is 0 Å². The van der Waals surface area contributed by atoms with Crippen LogP contribution in [0.2, 0.25) is 0 Å².